The van der Waals surface area contributed by atoms with Gasteiger partial charge in [-0.25, -0.2) is 0 Å². The van der Waals surface area contributed by atoms with E-state index in [0.29, 0.717) is 6.54 Å². The van der Waals surface area contributed by atoms with Gasteiger partial charge in [-0.3, -0.25) is 4.79 Å². The van der Waals surface area contributed by atoms with E-state index in [1.54, 1.807) is 0 Å². The Balaban J connectivity index is 1.66. The third-order valence-corrected chi connectivity index (χ3v) is 4.62. The molecule has 0 unspecified atom stereocenters. The summed E-state index contributed by atoms with van der Waals surface area (Å²) in [6, 6.07) is 28.2. The van der Waals surface area contributed by atoms with Gasteiger partial charge in [0.05, 0.1) is 5.56 Å². The largest absolute Gasteiger partial charge is 0.361 e. The average molecular weight is 328 g/mol. The molecule has 3 heteroatoms. The first kappa shape index (κ1) is 15.5. The third kappa shape index (κ3) is 3.13. The Bertz CT molecular complexity index is 861. The van der Waals surface area contributed by atoms with Crippen LogP contribution in [0, 0.1) is 0 Å². The van der Waals surface area contributed by atoms with Crippen molar-refractivity contribution in [3.8, 4) is 0 Å². The number of rotatable bonds is 4. The van der Waals surface area contributed by atoms with E-state index in [9.17, 15) is 4.79 Å². The van der Waals surface area contributed by atoms with Crippen LogP contribution in [0.5, 0.6) is 0 Å². The van der Waals surface area contributed by atoms with E-state index < -0.39 is 0 Å². The second-order valence-corrected chi connectivity index (χ2v) is 6.24. The van der Waals surface area contributed by atoms with Gasteiger partial charge in [-0.15, -0.1) is 0 Å². The maximum atomic E-state index is 13.1. The first-order valence-electron chi connectivity index (χ1n) is 8.58. The number of amides is 1. The van der Waals surface area contributed by atoms with Crippen LogP contribution in [0.1, 0.15) is 27.7 Å². The van der Waals surface area contributed by atoms with Crippen LogP contribution in [0.25, 0.3) is 0 Å². The van der Waals surface area contributed by atoms with Crippen LogP contribution in [0.15, 0.2) is 84.9 Å². The number of anilines is 1. The van der Waals surface area contributed by atoms with Crippen LogP contribution < -0.4 is 5.32 Å². The summed E-state index contributed by atoms with van der Waals surface area (Å²) in [5, 5.41) is 3.54. The minimum atomic E-state index is -0.146. The summed E-state index contributed by atoms with van der Waals surface area (Å²) in [6.45, 7) is 0.670. The second kappa shape index (κ2) is 6.81. The minimum Gasteiger partial charge on any atom is -0.361 e. The van der Waals surface area contributed by atoms with E-state index in [-0.39, 0.29) is 12.1 Å². The van der Waals surface area contributed by atoms with Crippen molar-refractivity contribution in [2.45, 2.75) is 12.6 Å². The predicted molar refractivity (Wildman–Crippen MR) is 100 cm³/mol. The molecule has 0 fully saturated rings. The van der Waals surface area contributed by atoms with Gasteiger partial charge in [0.2, 0.25) is 0 Å². The summed E-state index contributed by atoms with van der Waals surface area (Å²) in [5.41, 5.74) is 3.97. The quantitative estimate of drug-likeness (QED) is 0.765. The standard InChI is InChI=1S/C22H20N2O/c25-22-19-13-7-8-14-20(19)23-21(18-11-5-2-6-12-18)24(22)16-15-17-9-3-1-4-10-17/h1-14,21,23H,15-16H2/t21-/m0/s1. The van der Waals surface area contributed by atoms with E-state index in [0.717, 1.165) is 23.2 Å². The Hall–Kier alpha value is -3.07. The molecule has 0 saturated carbocycles. The van der Waals surface area contributed by atoms with Crippen LogP contribution in [-0.4, -0.2) is 17.4 Å². The Labute approximate surface area is 147 Å². The molecule has 4 rings (SSSR count). The number of benzene rings is 3. The van der Waals surface area contributed by atoms with Crippen molar-refractivity contribution in [3.05, 3.63) is 102 Å². The molecule has 1 N–H and O–H groups in total. The van der Waals surface area contributed by atoms with Gasteiger partial charge in [-0.2, -0.15) is 0 Å². The minimum absolute atomic E-state index is 0.0825. The Morgan fingerprint density at radius 2 is 1.44 bits per heavy atom. The zero-order valence-corrected chi connectivity index (χ0v) is 13.9. The van der Waals surface area contributed by atoms with E-state index in [1.165, 1.54) is 5.56 Å². The molecule has 3 nitrogen and oxygen atoms in total. The highest BCUT2D eigenvalue weighted by Crippen LogP contribution is 2.32. The SMILES string of the molecule is O=C1c2ccccc2N[C@H](c2ccccc2)N1CCc1ccccc1. The number of fused-ring (bicyclic) bond motifs is 1. The van der Waals surface area contributed by atoms with Gasteiger partial charge >= 0.3 is 0 Å². The van der Waals surface area contributed by atoms with Crippen LogP contribution in [0.4, 0.5) is 5.69 Å². The fourth-order valence-corrected chi connectivity index (χ4v) is 3.32. The van der Waals surface area contributed by atoms with Crippen LogP contribution in [-0.2, 0) is 6.42 Å². The maximum absolute atomic E-state index is 13.1. The van der Waals surface area contributed by atoms with Gasteiger partial charge in [0.15, 0.2) is 0 Å². The Kier molecular flexibility index (Phi) is 4.21. The average Bonchev–Trinajstić information content (AvgIpc) is 2.69. The lowest BCUT2D eigenvalue weighted by Gasteiger charge is -2.38. The molecule has 25 heavy (non-hydrogen) atoms. The van der Waals surface area contributed by atoms with Crippen molar-refractivity contribution < 1.29 is 4.79 Å². The number of para-hydroxylation sites is 1. The van der Waals surface area contributed by atoms with Gasteiger partial charge in [-0.05, 0) is 29.7 Å². The molecule has 124 valence electrons. The van der Waals surface area contributed by atoms with Gasteiger partial charge in [-0.1, -0.05) is 72.8 Å². The van der Waals surface area contributed by atoms with E-state index in [2.05, 4.69) is 29.6 Å². The lowest BCUT2D eigenvalue weighted by Crippen LogP contribution is -2.43. The predicted octanol–water partition coefficient (Wildman–Crippen LogP) is 4.50. The van der Waals surface area contributed by atoms with Gasteiger partial charge in [0.1, 0.15) is 6.17 Å². The first-order valence-corrected chi connectivity index (χ1v) is 8.58. The number of hydrogen-bond donors (Lipinski definition) is 1. The fraction of sp³-hybridized carbons (Fsp3) is 0.136. The zero-order chi connectivity index (χ0) is 17.1. The van der Waals surface area contributed by atoms with Crippen LogP contribution in [0.3, 0.4) is 0 Å². The summed E-state index contributed by atoms with van der Waals surface area (Å²) in [5.74, 6) is 0.0825. The van der Waals surface area contributed by atoms with E-state index in [4.69, 9.17) is 0 Å². The molecular weight excluding hydrogens is 308 g/mol. The molecule has 1 aliphatic heterocycles. The molecule has 3 aromatic rings. The number of hydrogen-bond acceptors (Lipinski definition) is 2. The highest BCUT2D eigenvalue weighted by Gasteiger charge is 2.32. The van der Waals surface area contributed by atoms with Crippen molar-refractivity contribution in [2.75, 3.05) is 11.9 Å². The molecule has 1 aliphatic rings. The number of nitrogens with one attached hydrogen (secondary N) is 1. The summed E-state index contributed by atoms with van der Waals surface area (Å²) < 4.78 is 0. The summed E-state index contributed by atoms with van der Waals surface area (Å²) in [6.07, 6.45) is 0.687. The molecular formula is C22H20N2O. The van der Waals surface area contributed by atoms with E-state index >= 15 is 0 Å². The third-order valence-electron chi connectivity index (χ3n) is 4.62. The molecule has 0 radical (unpaired) electrons. The molecule has 0 bridgehead atoms. The van der Waals surface area contributed by atoms with Gasteiger partial charge < -0.3 is 10.2 Å². The molecule has 3 aromatic carbocycles. The number of nitrogens with zero attached hydrogens (tertiary/aromatic N) is 1. The summed E-state index contributed by atoms with van der Waals surface area (Å²) in [4.78, 5) is 15.0. The highest BCUT2D eigenvalue weighted by atomic mass is 16.2. The fourth-order valence-electron chi connectivity index (χ4n) is 3.32. The normalized spacial score (nSPS) is 16.2. The lowest BCUT2D eigenvalue weighted by atomic mass is 10.0. The number of carbonyl (C=O) groups is 1. The second-order valence-electron chi connectivity index (χ2n) is 6.24. The monoisotopic (exact) mass is 328 g/mol. The van der Waals surface area contributed by atoms with Gasteiger partial charge in [0.25, 0.3) is 5.91 Å². The van der Waals surface area contributed by atoms with E-state index in [1.807, 2.05) is 65.6 Å². The zero-order valence-electron chi connectivity index (χ0n) is 13.9. The topological polar surface area (TPSA) is 32.3 Å². The molecule has 1 atom stereocenters. The highest BCUT2D eigenvalue weighted by molar-refractivity contribution is 6.01. The van der Waals surface area contributed by atoms with Crippen molar-refractivity contribution in [1.82, 2.24) is 4.90 Å². The Morgan fingerprint density at radius 1 is 0.800 bits per heavy atom. The van der Waals surface area contributed by atoms with Gasteiger partial charge in [0, 0.05) is 12.2 Å². The molecule has 0 aliphatic carbocycles. The summed E-state index contributed by atoms with van der Waals surface area (Å²) in [7, 11) is 0. The summed E-state index contributed by atoms with van der Waals surface area (Å²) >= 11 is 0. The molecule has 1 amide bonds. The van der Waals surface area contributed by atoms with Crippen molar-refractivity contribution in [3.63, 3.8) is 0 Å². The molecule has 0 spiro atoms. The van der Waals surface area contributed by atoms with Crippen LogP contribution in [0.2, 0.25) is 0 Å². The number of carbonyl (C=O) groups excluding carboxylic acids is 1. The molecule has 0 saturated heterocycles. The maximum Gasteiger partial charge on any atom is 0.257 e. The van der Waals surface area contributed by atoms with Crippen molar-refractivity contribution in [2.24, 2.45) is 0 Å². The first-order chi connectivity index (χ1) is 12.3. The van der Waals surface area contributed by atoms with Crippen molar-refractivity contribution in [1.29, 1.82) is 0 Å². The van der Waals surface area contributed by atoms with Crippen LogP contribution >= 0.6 is 0 Å². The molecule has 0 aromatic heterocycles. The lowest BCUT2D eigenvalue weighted by molar-refractivity contribution is 0.0685. The smallest absolute Gasteiger partial charge is 0.257 e. The molecule has 1 heterocycles. The Morgan fingerprint density at radius 3 is 2.20 bits per heavy atom. The van der Waals surface area contributed by atoms with Crippen molar-refractivity contribution >= 4 is 11.6 Å².